The van der Waals surface area contributed by atoms with Gasteiger partial charge in [0.15, 0.2) is 23.3 Å². The highest BCUT2D eigenvalue weighted by atomic mass is 19.1. The van der Waals surface area contributed by atoms with Crippen LogP contribution in [0.4, 0.5) is 20.4 Å². The molecule has 5 heteroatoms. The predicted octanol–water partition coefficient (Wildman–Crippen LogP) is 2.78. The van der Waals surface area contributed by atoms with Gasteiger partial charge in [-0.05, 0) is 19.3 Å². The first-order valence-electron chi connectivity index (χ1n) is 5.96. The van der Waals surface area contributed by atoms with Crippen molar-refractivity contribution >= 4 is 11.6 Å². The van der Waals surface area contributed by atoms with Gasteiger partial charge >= 0.3 is 0 Å². The van der Waals surface area contributed by atoms with Crippen molar-refractivity contribution < 1.29 is 8.78 Å². The number of nitrogens with zero attached hydrogens (tertiary/aromatic N) is 2. The van der Waals surface area contributed by atoms with Gasteiger partial charge in [-0.25, -0.2) is 13.8 Å². The number of halogens is 2. The van der Waals surface area contributed by atoms with Crippen LogP contribution < -0.4 is 10.2 Å². The Morgan fingerprint density at radius 2 is 2.12 bits per heavy atom. The van der Waals surface area contributed by atoms with Crippen LogP contribution in [0.5, 0.6) is 0 Å². The van der Waals surface area contributed by atoms with E-state index in [1.165, 1.54) is 0 Å². The van der Waals surface area contributed by atoms with Crippen molar-refractivity contribution in [1.82, 2.24) is 4.98 Å². The van der Waals surface area contributed by atoms with Crippen LogP contribution in [0.1, 0.15) is 26.2 Å². The molecule has 1 saturated carbocycles. The van der Waals surface area contributed by atoms with Gasteiger partial charge in [-0.1, -0.05) is 6.92 Å². The lowest BCUT2D eigenvalue weighted by Gasteiger charge is -2.19. The Balaban J connectivity index is 2.24. The summed E-state index contributed by atoms with van der Waals surface area (Å²) in [6.07, 6.45) is 2.96. The molecule has 1 heterocycles. The van der Waals surface area contributed by atoms with Gasteiger partial charge in [0.05, 0.1) is 0 Å². The van der Waals surface area contributed by atoms with E-state index in [9.17, 15) is 8.78 Å². The number of hydrogen-bond acceptors (Lipinski definition) is 3. The van der Waals surface area contributed by atoms with Gasteiger partial charge in [0.25, 0.3) is 0 Å². The van der Waals surface area contributed by atoms with E-state index < -0.39 is 11.6 Å². The second kappa shape index (κ2) is 4.85. The fourth-order valence-corrected chi connectivity index (χ4v) is 1.71. The lowest BCUT2D eigenvalue weighted by atomic mass is 10.3. The van der Waals surface area contributed by atoms with Gasteiger partial charge in [-0.3, -0.25) is 0 Å². The summed E-state index contributed by atoms with van der Waals surface area (Å²) in [6.45, 7) is 2.60. The van der Waals surface area contributed by atoms with Crippen molar-refractivity contribution in [3.8, 4) is 0 Å². The Kier molecular flexibility index (Phi) is 3.45. The largest absolute Gasteiger partial charge is 0.368 e. The number of rotatable bonds is 5. The smallest absolute Gasteiger partial charge is 0.168 e. The highest BCUT2D eigenvalue weighted by molar-refractivity contribution is 5.50. The Morgan fingerprint density at radius 3 is 2.71 bits per heavy atom. The summed E-state index contributed by atoms with van der Waals surface area (Å²) >= 11 is 0. The molecule has 1 aliphatic carbocycles. The summed E-state index contributed by atoms with van der Waals surface area (Å²) in [7, 11) is 1.80. The molecule has 1 aromatic rings. The molecule has 0 saturated heterocycles. The van der Waals surface area contributed by atoms with Crippen molar-refractivity contribution in [3.63, 3.8) is 0 Å². The third-order valence-electron chi connectivity index (χ3n) is 2.88. The molecule has 0 bridgehead atoms. The van der Waals surface area contributed by atoms with Crippen LogP contribution in [-0.2, 0) is 0 Å². The van der Waals surface area contributed by atoms with Crippen LogP contribution in [0, 0.1) is 11.6 Å². The first-order chi connectivity index (χ1) is 8.13. The zero-order valence-electron chi connectivity index (χ0n) is 10.1. The molecule has 2 rings (SSSR count). The van der Waals surface area contributed by atoms with Crippen LogP contribution in [0.3, 0.4) is 0 Å². The lowest BCUT2D eigenvalue weighted by molar-refractivity contribution is 0.572. The number of hydrogen-bond donors (Lipinski definition) is 1. The van der Waals surface area contributed by atoms with E-state index >= 15 is 0 Å². The third kappa shape index (κ3) is 2.65. The number of aromatic nitrogens is 1. The third-order valence-corrected chi connectivity index (χ3v) is 2.88. The van der Waals surface area contributed by atoms with Crippen LogP contribution in [-0.4, -0.2) is 24.6 Å². The molecule has 94 valence electrons. The number of anilines is 2. The summed E-state index contributed by atoms with van der Waals surface area (Å²) in [6, 6.07) is 1.25. The fourth-order valence-electron chi connectivity index (χ4n) is 1.71. The summed E-state index contributed by atoms with van der Waals surface area (Å²) in [4.78, 5) is 5.82. The zero-order chi connectivity index (χ0) is 12.4. The maximum Gasteiger partial charge on any atom is 0.168 e. The van der Waals surface area contributed by atoms with E-state index in [0.29, 0.717) is 12.6 Å². The van der Waals surface area contributed by atoms with E-state index in [0.717, 1.165) is 25.3 Å². The molecule has 0 aromatic carbocycles. The van der Waals surface area contributed by atoms with Crippen LogP contribution >= 0.6 is 0 Å². The van der Waals surface area contributed by atoms with E-state index in [1.807, 2.05) is 6.92 Å². The molecular weight excluding hydrogens is 224 g/mol. The summed E-state index contributed by atoms with van der Waals surface area (Å²) < 4.78 is 27.1. The van der Waals surface area contributed by atoms with Gasteiger partial charge in [-0.15, -0.1) is 0 Å². The molecule has 0 unspecified atom stereocenters. The molecule has 1 aliphatic rings. The van der Waals surface area contributed by atoms with Crippen LogP contribution in [0.15, 0.2) is 6.07 Å². The van der Waals surface area contributed by atoms with Gasteiger partial charge in [0.1, 0.15) is 0 Å². The second-order valence-corrected chi connectivity index (χ2v) is 4.39. The molecule has 0 radical (unpaired) electrons. The minimum absolute atomic E-state index is 0.135. The van der Waals surface area contributed by atoms with Crippen molar-refractivity contribution in [3.05, 3.63) is 17.7 Å². The molecule has 1 aromatic heterocycles. The first kappa shape index (κ1) is 12.1. The second-order valence-electron chi connectivity index (χ2n) is 4.39. The summed E-state index contributed by atoms with van der Waals surface area (Å²) in [5.74, 6) is -0.869. The predicted molar refractivity (Wildman–Crippen MR) is 64.4 cm³/mol. The highest BCUT2D eigenvalue weighted by Crippen LogP contribution is 2.31. The molecule has 0 spiro atoms. The summed E-state index contributed by atoms with van der Waals surface area (Å²) in [5.41, 5.74) is 0. The molecule has 1 N–H and O–H groups in total. The van der Waals surface area contributed by atoms with E-state index in [1.54, 1.807) is 11.9 Å². The minimum Gasteiger partial charge on any atom is -0.368 e. The summed E-state index contributed by atoms with van der Waals surface area (Å²) in [5, 5.41) is 2.86. The molecule has 0 amide bonds. The Morgan fingerprint density at radius 1 is 1.41 bits per heavy atom. The molecule has 0 aliphatic heterocycles. The molecular formula is C12H17F2N3. The standard InChI is InChI=1S/C12H17F2N3/c1-3-6-15-11-9(13)7-10(14)12(16-11)17(2)8-4-5-8/h7-8H,3-6H2,1-2H3,(H,15,16). The Bertz CT molecular complexity index is 405. The first-order valence-corrected chi connectivity index (χ1v) is 5.96. The molecule has 0 atom stereocenters. The van der Waals surface area contributed by atoms with Gasteiger partial charge < -0.3 is 10.2 Å². The van der Waals surface area contributed by atoms with E-state index in [4.69, 9.17) is 0 Å². The number of nitrogens with one attached hydrogen (secondary N) is 1. The van der Waals surface area contributed by atoms with Gasteiger partial charge in [0, 0.05) is 25.7 Å². The average molecular weight is 241 g/mol. The van der Waals surface area contributed by atoms with Crippen molar-refractivity contribution in [2.24, 2.45) is 0 Å². The lowest BCUT2D eigenvalue weighted by Crippen LogP contribution is -2.23. The fraction of sp³-hybridized carbons (Fsp3) is 0.583. The quantitative estimate of drug-likeness (QED) is 0.859. The Labute approximate surface area is 99.8 Å². The maximum absolute atomic E-state index is 13.6. The zero-order valence-corrected chi connectivity index (χ0v) is 10.1. The maximum atomic E-state index is 13.6. The van der Waals surface area contributed by atoms with Gasteiger partial charge in [-0.2, -0.15) is 0 Å². The monoisotopic (exact) mass is 241 g/mol. The van der Waals surface area contributed by atoms with E-state index in [-0.39, 0.29) is 11.6 Å². The highest BCUT2D eigenvalue weighted by Gasteiger charge is 2.29. The molecule has 17 heavy (non-hydrogen) atoms. The number of pyridine rings is 1. The van der Waals surface area contributed by atoms with Gasteiger partial charge in [0.2, 0.25) is 0 Å². The minimum atomic E-state index is -0.635. The van der Waals surface area contributed by atoms with Crippen molar-refractivity contribution in [2.45, 2.75) is 32.2 Å². The average Bonchev–Trinajstić information content (AvgIpc) is 3.11. The SMILES string of the molecule is CCCNc1nc(N(C)C2CC2)c(F)cc1F. The Hall–Kier alpha value is -1.39. The van der Waals surface area contributed by atoms with E-state index in [2.05, 4.69) is 10.3 Å². The molecule has 1 fully saturated rings. The van der Waals surface area contributed by atoms with Crippen LogP contribution in [0.25, 0.3) is 0 Å². The normalized spacial score (nSPS) is 14.8. The van der Waals surface area contributed by atoms with Crippen molar-refractivity contribution in [1.29, 1.82) is 0 Å². The topological polar surface area (TPSA) is 28.2 Å². The van der Waals surface area contributed by atoms with Crippen molar-refractivity contribution in [2.75, 3.05) is 23.8 Å². The van der Waals surface area contributed by atoms with Crippen LogP contribution in [0.2, 0.25) is 0 Å². The molecule has 3 nitrogen and oxygen atoms in total.